The number of aromatic amines is 1. The number of rotatable bonds is 2. The number of thiazole rings is 1. The van der Waals surface area contributed by atoms with E-state index in [9.17, 15) is 19.5 Å². The van der Waals surface area contributed by atoms with Crippen molar-refractivity contribution in [2.75, 3.05) is 5.75 Å². The summed E-state index contributed by atoms with van der Waals surface area (Å²) in [5, 5.41) is 10.1. The number of aliphatic carboxylic acids is 1. The molecule has 0 saturated carbocycles. The van der Waals surface area contributed by atoms with E-state index in [0.717, 1.165) is 32.4 Å². The average molecular weight is 363 g/mol. The highest BCUT2D eigenvalue weighted by Crippen LogP contribution is 2.58. The summed E-state index contributed by atoms with van der Waals surface area (Å²) in [7, 11) is 0. The maximum absolute atomic E-state index is 12.8. The van der Waals surface area contributed by atoms with Gasteiger partial charge in [-0.3, -0.25) is 14.4 Å². The first kappa shape index (κ1) is 15.5. The molecule has 124 valence electrons. The van der Waals surface area contributed by atoms with Gasteiger partial charge in [0, 0.05) is 22.1 Å². The van der Waals surface area contributed by atoms with Crippen molar-refractivity contribution >= 4 is 35.0 Å². The fourth-order valence-electron chi connectivity index (χ4n) is 3.46. The first-order valence-corrected chi connectivity index (χ1v) is 9.11. The van der Waals surface area contributed by atoms with Crippen LogP contribution in [0.15, 0.2) is 28.0 Å². The quantitative estimate of drug-likeness (QED) is 0.628. The van der Waals surface area contributed by atoms with Gasteiger partial charge in [-0.15, -0.1) is 11.8 Å². The number of hydrogen-bond donors (Lipinski definition) is 2. The molecule has 2 aliphatic rings. The van der Waals surface area contributed by atoms with Gasteiger partial charge < -0.3 is 14.8 Å². The molecule has 1 aromatic heterocycles. The fraction of sp³-hybridized carbons (Fsp3) is 0.312. The molecule has 2 aliphatic heterocycles. The highest BCUT2D eigenvalue weighted by atomic mass is 32.2. The van der Waals surface area contributed by atoms with Gasteiger partial charge in [0.1, 0.15) is 11.2 Å². The fourth-order valence-corrected chi connectivity index (χ4v) is 6.00. The van der Waals surface area contributed by atoms with Gasteiger partial charge in [0.15, 0.2) is 0 Å². The molecule has 0 amide bonds. The van der Waals surface area contributed by atoms with Crippen LogP contribution < -0.4 is 9.61 Å². The Bertz CT molecular complexity index is 931. The predicted molar refractivity (Wildman–Crippen MR) is 89.0 cm³/mol. The molecule has 3 heterocycles. The van der Waals surface area contributed by atoms with E-state index < -0.39 is 23.3 Å². The topological polar surface area (TPSA) is 96.5 Å². The number of carbonyl (C=O) groups excluding carboxylic acids is 1. The predicted octanol–water partition coefficient (Wildman–Crippen LogP) is 2.36. The largest absolute Gasteiger partial charge is 0.481 e. The molecule has 2 N–H and O–H groups in total. The molecular weight excluding hydrogens is 350 g/mol. The molecule has 2 aromatic rings. The van der Waals surface area contributed by atoms with Crippen molar-refractivity contribution in [3.05, 3.63) is 43.9 Å². The lowest BCUT2D eigenvalue weighted by molar-refractivity contribution is -0.154. The van der Waals surface area contributed by atoms with Gasteiger partial charge in [0.2, 0.25) is 0 Å². The van der Waals surface area contributed by atoms with Crippen molar-refractivity contribution in [3.8, 4) is 5.75 Å². The van der Waals surface area contributed by atoms with Crippen molar-refractivity contribution in [3.63, 3.8) is 0 Å². The zero-order chi connectivity index (χ0) is 17.1. The molecule has 4 rings (SSSR count). The minimum atomic E-state index is -1.20. The highest BCUT2D eigenvalue weighted by Gasteiger charge is 2.57. The lowest BCUT2D eigenvalue weighted by Gasteiger charge is -2.43. The number of hydrogen-bond acceptors (Lipinski definition) is 6. The van der Waals surface area contributed by atoms with E-state index in [-0.39, 0.29) is 17.0 Å². The molecule has 1 aromatic carbocycles. The number of carbonyl (C=O) groups is 2. The number of thioether (sulfide) groups is 1. The minimum Gasteiger partial charge on any atom is -0.481 e. The normalized spacial score (nSPS) is 24.5. The van der Waals surface area contributed by atoms with Gasteiger partial charge in [0.25, 0.3) is 0 Å². The molecular formula is C16H13NO5S2. The molecule has 24 heavy (non-hydrogen) atoms. The lowest BCUT2D eigenvalue weighted by Crippen LogP contribution is -2.48. The Labute approximate surface area is 144 Å². The van der Waals surface area contributed by atoms with Crippen molar-refractivity contribution in [1.82, 2.24) is 4.98 Å². The summed E-state index contributed by atoms with van der Waals surface area (Å²) < 4.78 is 5.48. The number of H-pyrrole nitrogens is 1. The number of carboxylic acids is 1. The Hall–Kier alpha value is -2.06. The summed E-state index contributed by atoms with van der Waals surface area (Å²) in [6.45, 7) is 1.92. The zero-order valence-corrected chi connectivity index (χ0v) is 14.3. The van der Waals surface area contributed by atoms with E-state index in [1.807, 2.05) is 19.1 Å². The Morgan fingerprint density at radius 1 is 1.46 bits per heavy atom. The van der Waals surface area contributed by atoms with Gasteiger partial charge in [-0.2, -0.15) is 0 Å². The Balaban J connectivity index is 2.01. The molecule has 0 saturated heterocycles. The molecule has 0 spiro atoms. The van der Waals surface area contributed by atoms with Crippen LogP contribution in [0.5, 0.6) is 5.75 Å². The van der Waals surface area contributed by atoms with Crippen LogP contribution in [0.25, 0.3) is 0 Å². The summed E-state index contributed by atoms with van der Waals surface area (Å²) in [4.78, 5) is 39.4. The second-order valence-electron chi connectivity index (χ2n) is 6.09. The van der Waals surface area contributed by atoms with E-state index >= 15 is 0 Å². The summed E-state index contributed by atoms with van der Waals surface area (Å²) in [5.74, 6) is -1.37. The van der Waals surface area contributed by atoms with Crippen LogP contribution in [0.1, 0.15) is 28.3 Å². The number of carboxylic acid groups (broad SMARTS) is 1. The van der Waals surface area contributed by atoms with Gasteiger partial charge in [-0.05, 0) is 13.0 Å². The maximum atomic E-state index is 12.8. The lowest BCUT2D eigenvalue weighted by atomic mass is 9.68. The van der Waals surface area contributed by atoms with E-state index in [1.165, 1.54) is 11.8 Å². The zero-order valence-electron chi connectivity index (χ0n) is 12.6. The van der Waals surface area contributed by atoms with Crippen molar-refractivity contribution < 1.29 is 19.4 Å². The maximum Gasteiger partial charge on any atom is 0.319 e. The standard InChI is InChI=1S/C16H13NO5S2/c1-7-2-3-9-8(4-7)11-12-13(17-15(21)24-12)23-6-16(11,5-10(18)19)14(20)22-9/h2-4,11H,5-6H2,1H3,(H,17,21)(H,18,19). The van der Waals surface area contributed by atoms with Crippen molar-refractivity contribution in [2.24, 2.45) is 5.41 Å². The number of fused-ring (bicyclic) bond motifs is 5. The summed E-state index contributed by atoms with van der Waals surface area (Å²) in [6.07, 6.45) is -0.331. The number of aromatic nitrogens is 1. The SMILES string of the molecule is Cc1ccc2c(c1)C1c3sc(=O)[nH]c3SCC1(CC(=O)O)C(=O)O2. The minimum absolute atomic E-state index is 0.202. The number of esters is 1. The summed E-state index contributed by atoms with van der Waals surface area (Å²) in [5.41, 5.74) is 0.557. The number of nitrogens with one attached hydrogen (secondary N) is 1. The van der Waals surface area contributed by atoms with Gasteiger partial charge in [-0.25, -0.2) is 0 Å². The average Bonchev–Trinajstić information content (AvgIpc) is 2.88. The van der Waals surface area contributed by atoms with Gasteiger partial charge >= 0.3 is 16.8 Å². The molecule has 2 unspecified atom stereocenters. The number of benzene rings is 1. The van der Waals surface area contributed by atoms with Crippen LogP contribution in [-0.4, -0.2) is 27.8 Å². The second kappa shape index (κ2) is 5.22. The highest BCUT2D eigenvalue weighted by molar-refractivity contribution is 7.99. The van der Waals surface area contributed by atoms with E-state index in [0.29, 0.717) is 5.75 Å². The van der Waals surface area contributed by atoms with Crippen LogP contribution in [0.4, 0.5) is 0 Å². The third-order valence-corrected chi connectivity index (χ3v) is 6.83. The van der Waals surface area contributed by atoms with Crippen molar-refractivity contribution in [1.29, 1.82) is 0 Å². The van der Waals surface area contributed by atoms with Gasteiger partial charge in [0.05, 0.1) is 11.4 Å². The molecule has 0 fully saturated rings. The Kier molecular flexibility index (Phi) is 3.36. The first-order valence-electron chi connectivity index (χ1n) is 7.31. The van der Waals surface area contributed by atoms with E-state index in [2.05, 4.69) is 4.98 Å². The molecule has 0 aliphatic carbocycles. The smallest absolute Gasteiger partial charge is 0.319 e. The summed E-state index contributed by atoms with van der Waals surface area (Å²) >= 11 is 2.35. The molecule has 2 atom stereocenters. The van der Waals surface area contributed by atoms with E-state index in [1.54, 1.807) is 6.07 Å². The van der Waals surface area contributed by atoms with Crippen molar-refractivity contribution in [2.45, 2.75) is 24.3 Å². The van der Waals surface area contributed by atoms with Crippen LogP contribution in [0, 0.1) is 12.3 Å². The van der Waals surface area contributed by atoms with Crippen LogP contribution >= 0.6 is 23.1 Å². The van der Waals surface area contributed by atoms with Crippen LogP contribution in [0.3, 0.4) is 0 Å². The first-order chi connectivity index (χ1) is 11.4. The monoisotopic (exact) mass is 363 g/mol. The number of aryl methyl sites for hydroxylation is 1. The van der Waals surface area contributed by atoms with E-state index in [4.69, 9.17) is 4.74 Å². The third-order valence-electron chi connectivity index (χ3n) is 4.48. The van der Waals surface area contributed by atoms with Crippen LogP contribution in [-0.2, 0) is 9.59 Å². The summed E-state index contributed by atoms with van der Waals surface area (Å²) in [6, 6.07) is 5.48. The molecule has 6 nitrogen and oxygen atoms in total. The third kappa shape index (κ3) is 2.13. The molecule has 0 radical (unpaired) electrons. The number of ether oxygens (including phenoxy) is 1. The Morgan fingerprint density at radius 3 is 3.00 bits per heavy atom. The van der Waals surface area contributed by atoms with Crippen LogP contribution in [0.2, 0.25) is 0 Å². The Morgan fingerprint density at radius 2 is 2.25 bits per heavy atom. The molecule has 8 heteroatoms. The van der Waals surface area contributed by atoms with Gasteiger partial charge in [-0.1, -0.05) is 29.0 Å². The molecule has 0 bridgehead atoms. The second-order valence-corrected chi connectivity index (χ2v) is 8.09.